The predicted molar refractivity (Wildman–Crippen MR) is 77.8 cm³/mol. The fourth-order valence-corrected chi connectivity index (χ4v) is 2.70. The molecule has 4 heteroatoms. The second kappa shape index (κ2) is 8.54. The summed E-state index contributed by atoms with van der Waals surface area (Å²) < 4.78 is 5.09. The number of carbonyl (C=O) groups is 1. The van der Waals surface area contributed by atoms with Gasteiger partial charge < -0.3 is 15.8 Å². The largest absolute Gasteiger partial charge is 0.466 e. The van der Waals surface area contributed by atoms with Crippen LogP contribution in [0.25, 0.3) is 0 Å². The van der Waals surface area contributed by atoms with Gasteiger partial charge >= 0.3 is 5.97 Å². The zero-order chi connectivity index (χ0) is 14.3. The highest BCUT2D eigenvalue weighted by Gasteiger charge is 2.27. The van der Waals surface area contributed by atoms with E-state index in [2.05, 4.69) is 19.2 Å². The molecule has 1 atom stereocenters. The van der Waals surface area contributed by atoms with Crippen LogP contribution in [-0.4, -0.2) is 31.7 Å². The van der Waals surface area contributed by atoms with Crippen LogP contribution in [-0.2, 0) is 9.53 Å². The minimum Gasteiger partial charge on any atom is -0.466 e. The monoisotopic (exact) mass is 270 g/mol. The van der Waals surface area contributed by atoms with Gasteiger partial charge in [-0.25, -0.2) is 0 Å². The van der Waals surface area contributed by atoms with Crippen LogP contribution in [0.15, 0.2) is 0 Å². The van der Waals surface area contributed by atoms with Crippen molar-refractivity contribution in [1.29, 1.82) is 0 Å². The summed E-state index contributed by atoms with van der Waals surface area (Å²) in [6.07, 6.45) is 4.04. The molecule has 0 amide bonds. The van der Waals surface area contributed by atoms with Crippen molar-refractivity contribution in [3.63, 3.8) is 0 Å². The molecule has 0 aliphatic heterocycles. The van der Waals surface area contributed by atoms with E-state index in [9.17, 15) is 4.79 Å². The molecule has 0 aromatic carbocycles. The third kappa shape index (κ3) is 5.49. The van der Waals surface area contributed by atoms with Gasteiger partial charge in [0.1, 0.15) is 0 Å². The van der Waals surface area contributed by atoms with E-state index in [4.69, 9.17) is 10.5 Å². The molecule has 4 nitrogen and oxygen atoms in total. The predicted octanol–water partition coefficient (Wildman–Crippen LogP) is 1.93. The smallest absolute Gasteiger partial charge is 0.308 e. The van der Waals surface area contributed by atoms with Crippen LogP contribution in [0, 0.1) is 17.8 Å². The van der Waals surface area contributed by atoms with Gasteiger partial charge in [-0.05, 0) is 57.5 Å². The maximum absolute atomic E-state index is 11.6. The molecule has 1 fully saturated rings. The zero-order valence-corrected chi connectivity index (χ0v) is 12.7. The van der Waals surface area contributed by atoms with E-state index in [0.29, 0.717) is 24.5 Å². The first-order valence-corrected chi connectivity index (χ1v) is 7.68. The van der Waals surface area contributed by atoms with Crippen LogP contribution < -0.4 is 11.1 Å². The van der Waals surface area contributed by atoms with Crippen molar-refractivity contribution in [3.05, 3.63) is 0 Å². The van der Waals surface area contributed by atoms with Gasteiger partial charge in [0, 0.05) is 6.04 Å². The van der Waals surface area contributed by atoms with Gasteiger partial charge in [-0.2, -0.15) is 0 Å². The molecular weight excluding hydrogens is 240 g/mol. The summed E-state index contributed by atoms with van der Waals surface area (Å²) in [5, 5.41) is 3.61. The van der Waals surface area contributed by atoms with Crippen molar-refractivity contribution in [3.8, 4) is 0 Å². The fourth-order valence-electron chi connectivity index (χ4n) is 2.70. The molecule has 0 spiro atoms. The molecule has 19 heavy (non-hydrogen) atoms. The summed E-state index contributed by atoms with van der Waals surface area (Å²) in [6, 6.07) is 0.540. The average molecular weight is 270 g/mol. The van der Waals surface area contributed by atoms with Crippen molar-refractivity contribution in [1.82, 2.24) is 5.32 Å². The number of hydrogen-bond donors (Lipinski definition) is 2. The molecule has 1 unspecified atom stereocenters. The Hall–Kier alpha value is -0.610. The summed E-state index contributed by atoms with van der Waals surface area (Å²) in [4.78, 5) is 11.6. The van der Waals surface area contributed by atoms with Gasteiger partial charge in [0.25, 0.3) is 0 Å². The molecule has 1 saturated carbocycles. The third-order valence-corrected chi connectivity index (χ3v) is 4.26. The summed E-state index contributed by atoms with van der Waals surface area (Å²) >= 11 is 0. The highest BCUT2D eigenvalue weighted by Crippen LogP contribution is 2.25. The first kappa shape index (κ1) is 16.4. The average Bonchev–Trinajstić information content (AvgIpc) is 2.40. The number of nitrogens with two attached hydrogens (primary N) is 1. The van der Waals surface area contributed by atoms with Crippen LogP contribution in [0.2, 0.25) is 0 Å². The molecule has 1 aliphatic rings. The van der Waals surface area contributed by atoms with Crippen LogP contribution >= 0.6 is 0 Å². The number of rotatable bonds is 7. The van der Waals surface area contributed by atoms with Gasteiger partial charge in [-0.3, -0.25) is 4.79 Å². The van der Waals surface area contributed by atoms with Crippen LogP contribution in [0.5, 0.6) is 0 Å². The molecule has 1 aliphatic carbocycles. The van der Waals surface area contributed by atoms with E-state index in [1.807, 2.05) is 6.92 Å². The van der Waals surface area contributed by atoms with Crippen LogP contribution in [0.4, 0.5) is 0 Å². The first-order chi connectivity index (χ1) is 9.08. The van der Waals surface area contributed by atoms with E-state index in [0.717, 1.165) is 38.8 Å². The highest BCUT2D eigenvalue weighted by molar-refractivity contribution is 5.72. The van der Waals surface area contributed by atoms with Crippen molar-refractivity contribution >= 4 is 5.97 Å². The van der Waals surface area contributed by atoms with E-state index in [-0.39, 0.29) is 11.9 Å². The lowest BCUT2D eigenvalue weighted by atomic mass is 9.85. The Morgan fingerprint density at radius 2 is 1.95 bits per heavy atom. The maximum Gasteiger partial charge on any atom is 0.308 e. The van der Waals surface area contributed by atoms with Crippen molar-refractivity contribution in [2.45, 2.75) is 52.5 Å². The zero-order valence-electron chi connectivity index (χ0n) is 12.7. The standard InChI is InChI=1S/C15H30N2O2/c1-4-19-15(18)12-5-7-14(8-6-12)17-10-13(9-16)11(2)3/h11-14,17H,4-10,16H2,1-3H3. The minimum atomic E-state index is -0.0111. The second-order valence-electron chi connectivity index (χ2n) is 5.95. The number of esters is 1. The Labute approximate surface area is 117 Å². The Morgan fingerprint density at radius 3 is 2.42 bits per heavy atom. The number of nitrogens with one attached hydrogen (secondary N) is 1. The van der Waals surface area contributed by atoms with Crippen LogP contribution in [0.3, 0.4) is 0 Å². The van der Waals surface area contributed by atoms with E-state index in [1.165, 1.54) is 0 Å². The topological polar surface area (TPSA) is 64.3 Å². The Morgan fingerprint density at radius 1 is 1.32 bits per heavy atom. The van der Waals surface area contributed by atoms with Gasteiger partial charge in [0.15, 0.2) is 0 Å². The highest BCUT2D eigenvalue weighted by atomic mass is 16.5. The Kier molecular flexibility index (Phi) is 7.39. The molecule has 0 heterocycles. The fraction of sp³-hybridized carbons (Fsp3) is 0.933. The van der Waals surface area contributed by atoms with Gasteiger partial charge in [-0.1, -0.05) is 13.8 Å². The number of carbonyl (C=O) groups excluding carboxylic acids is 1. The minimum absolute atomic E-state index is 0.0111. The van der Waals surface area contributed by atoms with Crippen molar-refractivity contribution in [2.75, 3.05) is 19.7 Å². The Bertz CT molecular complexity index is 261. The normalized spacial score (nSPS) is 25.3. The summed E-state index contributed by atoms with van der Waals surface area (Å²) in [6.45, 7) is 8.52. The lowest BCUT2D eigenvalue weighted by molar-refractivity contribution is -0.149. The molecule has 0 aromatic heterocycles. The van der Waals surface area contributed by atoms with Gasteiger partial charge in [0.2, 0.25) is 0 Å². The molecule has 112 valence electrons. The summed E-state index contributed by atoms with van der Waals surface area (Å²) in [5.74, 6) is 1.27. The van der Waals surface area contributed by atoms with E-state index in [1.54, 1.807) is 0 Å². The molecule has 0 bridgehead atoms. The second-order valence-corrected chi connectivity index (χ2v) is 5.95. The third-order valence-electron chi connectivity index (χ3n) is 4.26. The van der Waals surface area contributed by atoms with Crippen molar-refractivity contribution < 1.29 is 9.53 Å². The molecular formula is C15H30N2O2. The lowest BCUT2D eigenvalue weighted by Crippen LogP contribution is -2.40. The quantitative estimate of drug-likeness (QED) is 0.694. The van der Waals surface area contributed by atoms with E-state index < -0.39 is 0 Å². The molecule has 1 rings (SSSR count). The summed E-state index contributed by atoms with van der Waals surface area (Å²) in [5.41, 5.74) is 5.78. The van der Waals surface area contributed by atoms with E-state index >= 15 is 0 Å². The first-order valence-electron chi connectivity index (χ1n) is 7.68. The lowest BCUT2D eigenvalue weighted by Gasteiger charge is -2.30. The van der Waals surface area contributed by atoms with Gasteiger partial charge in [-0.15, -0.1) is 0 Å². The number of hydrogen-bond acceptors (Lipinski definition) is 4. The van der Waals surface area contributed by atoms with Gasteiger partial charge in [0.05, 0.1) is 12.5 Å². The SMILES string of the molecule is CCOC(=O)C1CCC(NCC(CN)C(C)C)CC1. The van der Waals surface area contributed by atoms with Crippen molar-refractivity contribution in [2.24, 2.45) is 23.5 Å². The Balaban J connectivity index is 2.25. The number of ether oxygens (including phenoxy) is 1. The molecule has 0 radical (unpaired) electrons. The van der Waals surface area contributed by atoms with Crippen LogP contribution in [0.1, 0.15) is 46.5 Å². The molecule has 0 saturated heterocycles. The maximum atomic E-state index is 11.6. The molecule has 0 aromatic rings. The molecule has 3 N–H and O–H groups in total. The summed E-state index contributed by atoms with van der Waals surface area (Å²) in [7, 11) is 0.